The summed E-state index contributed by atoms with van der Waals surface area (Å²) in [6.45, 7) is 5.25. The van der Waals surface area contributed by atoms with E-state index in [0.717, 1.165) is 31.2 Å². The van der Waals surface area contributed by atoms with Gasteiger partial charge in [-0.1, -0.05) is 30.1 Å². The molecule has 1 saturated carbocycles. The summed E-state index contributed by atoms with van der Waals surface area (Å²) in [5, 5.41) is 7.09. The van der Waals surface area contributed by atoms with Crippen molar-refractivity contribution < 1.29 is 21.9 Å². The molecule has 2 aromatic carbocycles. The van der Waals surface area contributed by atoms with Gasteiger partial charge in [0.1, 0.15) is 16.2 Å². The van der Waals surface area contributed by atoms with Gasteiger partial charge in [-0.15, -0.1) is 0 Å². The van der Waals surface area contributed by atoms with E-state index in [2.05, 4.69) is 15.5 Å². The summed E-state index contributed by atoms with van der Waals surface area (Å²) in [4.78, 5) is 17.4. The molecule has 0 saturated heterocycles. The van der Waals surface area contributed by atoms with Crippen LogP contribution < -0.4 is 9.50 Å². The van der Waals surface area contributed by atoms with Gasteiger partial charge in [0.05, 0.1) is 0 Å². The van der Waals surface area contributed by atoms with Crippen molar-refractivity contribution in [2.75, 3.05) is 0 Å². The van der Waals surface area contributed by atoms with Crippen LogP contribution in [0.3, 0.4) is 0 Å². The molecule has 9 heteroatoms. The number of nitrogens with one attached hydrogen (secondary N) is 1. The van der Waals surface area contributed by atoms with Crippen molar-refractivity contribution in [2.45, 2.75) is 56.9 Å². The van der Waals surface area contributed by atoms with Gasteiger partial charge in [0.2, 0.25) is 5.89 Å². The van der Waals surface area contributed by atoms with Crippen molar-refractivity contribution in [1.82, 2.24) is 15.5 Å². The van der Waals surface area contributed by atoms with E-state index in [9.17, 15) is 13.2 Å². The van der Waals surface area contributed by atoms with Gasteiger partial charge in [0, 0.05) is 12.5 Å². The molecule has 1 amide bonds. The van der Waals surface area contributed by atoms with Crippen LogP contribution in [0.2, 0.25) is 0 Å². The molecule has 1 aliphatic rings. The van der Waals surface area contributed by atoms with E-state index in [0.29, 0.717) is 22.8 Å². The van der Waals surface area contributed by atoms with Crippen LogP contribution in [0.1, 0.15) is 58.9 Å². The Bertz CT molecular complexity index is 1240. The highest BCUT2D eigenvalue weighted by Crippen LogP contribution is 2.37. The normalized spacial score (nSPS) is 15.5. The van der Waals surface area contributed by atoms with E-state index in [4.69, 9.17) is 8.71 Å². The van der Waals surface area contributed by atoms with Gasteiger partial charge in [-0.25, -0.2) is 0 Å². The number of nitrogens with zero attached hydrogens (tertiary/aromatic N) is 2. The Labute approximate surface area is 187 Å². The van der Waals surface area contributed by atoms with Crippen LogP contribution in [0, 0.1) is 20.8 Å². The number of carbonyl (C=O) groups is 1. The maximum atomic E-state index is 12.9. The van der Waals surface area contributed by atoms with Crippen LogP contribution in [0.4, 0.5) is 0 Å². The molecular weight excluding hydrogens is 430 g/mol. The second-order valence-corrected chi connectivity index (χ2v) is 9.73. The van der Waals surface area contributed by atoms with E-state index in [1.54, 1.807) is 26.0 Å². The first-order valence-corrected chi connectivity index (χ1v) is 11.8. The molecule has 32 heavy (non-hydrogen) atoms. The van der Waals surface area contributed by atoms with Crippen LogP contribution >= 0.6 is 0 Å². The predicted molar refractivity (Wildman–Crippen MR) is 117 cm³/mol. The zero-order valence-corrected chi connectivity index (χ0v) is 19.0. The maximum Gasteiger partial charge on any atom is 0.339 e. The minimum Gasteiger partial charge on any atom is -0.379 e. The van der Waals surface area contributed by atoms with Gasteiger partial charge in [-0.2, -0.15) is 13.4 Å². The summed E-state index contributed by atoms with van der Waals surface area (Å²) in [5.74, 6) is 0.776. The van der Waals surface area contributed by atoms with Crippen LogP contribution in [-0.2, 0) is 15.7 Å². The van der Waals surface area contributed by atoms with Gasteiger partial charge in [-0.05, 0) is 68.1 Å². The molecular formula is C23H25N3O5S. The minimum absolute atomic E-state index is 0.123. The molecule has 1 aliphatic carbocycles. The Morgan fingerprint density at radius 1 is 1.06 bits per heavy atom. The lowest BCUT2D eigenvalue weighted by Gasteiger charge is -2.26. The predicted octanol–water partition coefficient (Wildman–Crippen LogP) is 3.96. The Balaban J connectivity index is 1.51. The highest BCUT2D eigenvalue weighted by molar-refractivity contribution is 7.87. The molecule has 1 N–H and O–H groups in total. The standard InChI is InChI=1S/C23H25N3O5S/c1-15-6-7-16(2)20(14-15)32(28,29)31-19-10-8-18(9-11-19)21(27)25-23(12-4-5-13-23)22-24-17(3)30-26-22/h6-11,14H,4-5,12-13H2,1-3H3,(H,25,27). The second kappa shape index (κ2) is 8.38. The molecule has 0 radical (unpaired) electrons. The van der Waals surface area contributed by atoms with Crippen LogP contribution in [0.15, 0.2) is 51.9 Å². The molecule has 3 aromatic rings. The third-order valence-electron chi connectivity index (χ3n) is 5.70. The molecule has 0 spiro atoms. The van der Waals surface area contributed by atoms with E-state index in [1.165, 1.54) is 24.3 Å². The van der Waals surface area contributed by atoms with Crippen LogP contribution in [-0.4, -0.2) is 24.5 Å². The van der Waals surface area contributed by atoms with Crippen molar-refractivity contribution in [3.63, 3.8) is 0 Å². The summed E-state index contributed by atoms with van der Waals surface area (Å²) in [5.41, 5.74) is 1.15. The van der Waals surface area contributed by atoms with Crippen molar-refractivity contribution in [3.05, 3.63) is 70.9 Å². The quantitative estimate of drug-likeness (QED) is 0.560. The number of benzene rings is 2. The number of rotatable bonds is 6. The zero-order valence-electron chi connectivity index (χ0n) is 18.2. The molecule has 0 aliphatic heterocycles. The number of hydrogen-bond acceptors (Lipinski definition) is 7. The van der Waals surface area contributed by atoms with Gasteiger partial charge in [-0.3, -0.25) is 4.79 Å². The number of amides is 1. The third kappa shape index (κ3) is 4.38. The van der Waals surface area contributed by atoms with Gasteiger partial charge in [0.15, 0.2) is 5.82 Å². The summed E-state index contributed by atoms with van der Waals surface area (Å²) in [6.07, 6.45) is 3.37. The molecule has 1 aromatic heterocycles. The average Bonchev–Trinajstić information content (AvgIpc) is 3.40. The average molecular weight is 456 g/mol. The molecule has 168 valence electrons. The summed E-state index contributed by atoms with van der Waals surface area (Å²) < 4.78 is 35.8. The fraction of sp³-hybridized carbons (Fsp3) is 0.348. The Hall–Kier alpha value is -3.20. The molecule has 8 nitrogen and oxygen atoms in total. The first-order chi connectivity index (χ1) is 15.2. The highest BCUT2D eigenvalue weighted by atomic mass is 32.2. The van der Waals surface area contributed by atoms with Crippen LogP contribution in [0.25, 0.3) is 0 Å². The smallest absolute Gasteiger partial charge is 0.339 e. The lowest BCUT2D eigenvalue weighted by Crippen LogP contribution is -2.44. The lowest BCUT2D eigenvalue weighted by atomic mass is 9.96. The molecule has 1 heterocycles. The SMILES string of the molecule is Cc1ccc(C)c(S(=O)(=O)Oc2ccc(C(=O)NC3(c4noc(C)n4)CCCC3)cc2)c1. The zero-order chi connectivity index (χ0) is 22.9. The molecule has 0 unspecified atom stereocenters. The number of aromatic nitrogens is 2. The summed E-state index contributed by atoms with van der Waals surface area (Å²) in [6, 6.07) is 11.2. The highest BCUT2D eigenvalue weighted by Gasteiger charge is 2.41. The Kier molecular flexibility index (Phi) is 5.77. The molecule has 1 fully saturated rings. The van der Waals surface area contributed by atoms with E-state index in [1.807, 2.05) is 13.0 Å². The van der Waals surface area contributed by atoms with Crippen molar-refractivity contribution >= 4 is 16.0 Å². The van der Waals surface area contributed by atoms with E-state index >= 15 is 0 Å². The van der Waals surface area contributed by atoms with E-state index < -0.39 is 15.7 Å². The Morgan fingerprint density at radius 3 is 2.38 bits per heavy atom. The van der Waals surface area contributed by atoms with Crippen molar-refractivity contribution in [3.8, 4) is 5.75 Å². The molecule has 0 atom stereocenters. The summed E-state index contributed by atoms with van der Waals surface area (Å²) >= 11 is 0. The Morgan fingerprint density at radius 2 is 1.75 bits per heavy atom. The topological polar surface area (TPSA) is 111 Å². The second-order valence-electron chi connectivity index (χ2n) is 8.21. The number of aryl methyl sites for hydroxylation is 3. The minimum atomic E-state index is -3.99. The maximum absolute atomic E-state index is 12.9. The van der Waals surface area contributed by atoms with Gasteiger partial charge < -0.3 is 14.0 Å². The largest absolute Gasteiger partial charge is 0.379 e. The molecule has 4 rings (SSSR count). The first kappa shape index (κ1) is 22.0. The number of carbonyl (C=O) groups excluding carboxylic acids is 1. The molecule has 0 bridgehead atoms. The number of hydrogen-bond donors (Lipinski definition) is 1. The van der Waals surface area contributed by atoms with Crippen molar-refractivity contribution in [1.29, 1.82) is 0 Å². The van der Waals surface area contributed by atoms with Crippen LogP contribution in [0.5, 0.6) is 5.75 Å². The lowest BCUT2D eigenvalue weighted by molar-refractivity contribution is 0.0892. The summed E-state index contributed by atoms with van der Waals surface area (Å²) in [7, 11) is -3.99. The fourth-order valence-electron chi connectivity index (χ4n) is 3.98. The third-order valence-corrected chi connectivity index (χ3v) is 7.09. The van der Waals surface area contributed by atoms with E-state index in [-0.39, 0.29) is 16.6 Å². The fourth-order valence-corrected chi connectivity index (χ4v) is 5.22. The first-order valence-electron chi connectivity index (χ1n) is 10.4. The van der Waals surface area contributed by atoms with Gasteiger partial charge in [0.25, 0.3) is 5.91 Å². The van der Waals surface area contributed by atoms with Crippen molar-refractivity contribution in [2.24, 2.45) is 0 Å². The monoisotopic (exact) mass is 455 g/mol. The van der Waals surface area contributed by atoms with Gasteiger partial charge >= 0.3 is 10.1 Å².